The lowest BCUT2D eigenvalue weighted by Crippen LogP contribution is -2.32. The summed E-state index contributed by atoms with van der Waals surface area (Å²) in [6.07, 6.45) is 2.29. The number of hydrogen-bond acceptors (Lipinski definition) is 3. The lowest BCUT2D eigenvalue weighted by atomic mass is 9.89. The zero-order valence-corrected chi connectivity index (χ0v) is 12.4. The predicted octanol–water partition coefficient (Wildman–Crippen LogP) is 3.43. The first-order chi connectivity index (χ1) is 9.27. The molecule has 0 radical (unpaired) electrons. The van der Waals surface area contributed by atoms with Crippen LogP contribution in [0.15, 0.2) is 18.2 Å². The van der Waals surface area contributed by atoms with Crippen molar-refractivity contribution in [2.75, 3.05) is 26.8 Å². The van der Waals surface area contributed by atoms with Crippen LogP contribution in [0.2, 0.25) is 5.02 Å². The van der Waals surface area contributed by atoms with Crippen molar-refractivity contribution in [2.24, 2.45) is 5.92 Å². The molecule has 0 bridgehead atoms. The average molecular weight is 284 g/mol. The molecule has 2 unspecified atom stereocenters. The van der Waals surface area contributed by atoms with Gasteiger partial charge in [0.1, 0.15) is 5.75 Å². The Bertz CT molecular complexity index is 411. The van der Waals surface area contributed by atoms with Crippen molar-refractivity contribution in [3.63, 3.8) is 0 Å². The number of ether oxygens (including phenoxy) is 2. The van der Waals surface area contributed by atoms with Crippen molar-refractivity contribution in [1.29, 1.82) is 0 Å². The molecule has 0 aromatic heterocycles. The second-order valence-electron chi connectivity index (χ2n) is 4.86. The predicted molar refractivity (Wildman–Crippen MR) is 78.0 cm³/mol. The van der Waals surface area contributed by atoms with Crippen molar-refractivity contribution in [2.45, 2.75) is 25.9 Å². The molecule has 1 saturated heterocycles. The number of rotatable bonds is 5. The molecule has 1 aliphatic heterocycles. The Morgan fingerprint density at radius 2 is 2.32 bits per heavy atom. The minimum atomic E-state index is 0.0245. The van der Waals surface area contributed by atoms with Crippen LogP contribution >= 0.6 is 11.6 Å². The largest absolute Gasteiger partial charge is 0.496 e. The minimum Gasteiger partial charge on any atom is -0.496 e. The number of hydrogen-bond donors (Lipinski definition) is 1. The van der Waals surface area contributed by atoms with Gasteiger partial charge in [-0.25, -0.2) is 0 Å². The molecular formula is C15H22ClNO2. The lowest BCUT2D eigenvalue weighted by Gasteiger charge is -2.33. The molecule has 1 aromatic rings. The Hall–Kier alpha value is -0.770. The Morgan fingerprint density at radius 3 is 3.05 bits per heavy atom. The van der Waals surface area contributed by atoms with E-state index in [-0.39, 0.29) is 6.10 Å². The van der Waals surface area contributed by atoms with E-state index >= 15 is 0 Å². The fourth-order valence-electron chi connectivity index (χ4n) is 2.67. The Labute approximate surface area is 120 Å². The summed E-state index contributed by atoms with van der Waals surface area (Å²) >= 11 is 6.36. The standard InChI is InChI=1S/C15H22ClNO2/c1-3-17-10-11-6-5-9-19-15(11)14-12(16)7-4-8-13(14)18-2/h4,7-8,11,15,17H,3,5-6,9-10H2,1-2H3. The summed E-state index contributed by atoms with van der Waals surface area (Å²) in [5.41, 5.74) is 0.995. The summed E-state index contributed by atoms with van der Waals surface area (Å²) in [7, 11) is 1.68. The molecular weight excluding hydrogens is 262 g/mol. The maximum absolute atomic E-state index is 6.36. The number of nitrogens with one attached hydrogen (secondary N) is 1. The molecule has 0 spiro atoms. The molecule has 0 amide bonds. The summed E-state index contributed by atoms with van der Waals surface area (Å²) < 4.78 is 11.4. The van der Waals surface area contributed by atoms with Gasteiger partial charge in [0, 0.05) is 24.6 Å². The maximum Gasteiger partial charge on any atom is 0.126 e. The van der Waals surface area contributed by atoms with E-state index in [0.29, 0.717) is 5.92 Å². The summed E-state index contributed by atoms with van der Waals surface area (Å²) in [6.45, 7) is 4.84. The third-order valence-corrected chi connectivity index (χ3v) is 3.95. The first kappa shape index (κ1) is 14.6. The lowest BCUT2D eigenvalue weighted by molar-refractivity contribution is -0.0286. The van der Waals surface area contributed by atoms with Crippen molar-refractivity contribution in [3.8, 4) is 5.75 Å². The average Bonchev–Trinajstić information content (AvgIpc) is 2.45. The molecule has 1 heterocycles. The minimum absolute atomic E-state index is 0.0245. The van der Waals surface area contributed by atoms with E-state index in [1.54, 1.807) is 7.11 Å². The Kier molecular flexibility index (Phi) is 5.49. The third kappa shape index (κ3) is 3.41. The van der Waals surface area contributed by atoms with Crippen LogP contribution in [-0.2, 0) is 4.74 Å². The fraction of sp³-hybridized carbons (Fsp3) is 0.600. The molecule has 3 nitrogen and oxygen atoms in total. The van der Waals surface area contributed by atoms with E-state index in [1.165, 1.54) is 0 Å². The van der Waals surface area contributed by atoms with Gasteiger partial charge in [-0.3, -0.25) is 0 Å². The van der Waals surface area contributed by atoms with Gasteiger partial charge in [0.05, 0.1) is 18.2 Å². The van der Waals surface area contributed by atoms with E-state index in [9.17, 15) is 0 Å². The highest BCUT2D eigenvalue weighted by Crippen LogP contribution is 2.41. The molecule has 0 aliphatic carbocycles. The molecule has 2 atom stereocenters. The molecule has 1 N–H and O–H groups in total. The van der Waals surface area contributed by atoms with Crippen LogP contribution in [-0.4, -0.2) is 26.8 Å². The zero-order valence-electron chi connectivity index (χ0n) is 11.6. The number of methoxy groups -OCH3 is 1. The number of halogens is 1. The first-order valence-electron chi connectivity index (χ1n) is 6.92. The number of benzene rings is 1. The van der Waals surface area contributed by atoms with Crippen molar-refractivity contribution < 1.29 is 9.47 Å². The monoisotopic (exact) mass is 283 g/mol. The molecule has 0 saturated carbocycles. The fourth-order valence-corrected chi connectivity index (χ4v) is 2.95. The summed E-state index contributed by atoms with van der Waals surface area (Å²) in [6, 6.07) is 5.76. The van der Waals surface area contributed by atoms with Crippen LogP contribution < -0.4 is 10.1 Å². The van der Waals surface area contributed by atoms with Gasteiger partial charge >= 0.3 is 0 Å². The van der Waals surface area contributed by atoms with Gasteiger partial charge in [-0.05, 0) is 31.5 Å². The molecule has 106 valence electrons. The van der Waals surface area contributed by atoms with Gasteiger partial charge in [-0.2, -0.15) is 0 Å². The molecule has 1 fully saturated rings. The maximum atomic E-state index is 6.36. The second-order valence-corrected chi connectivity index (χ2v) is 5.26. The third-order valence-electron chi connectivity index (χ3n) is 3.62. The summed E-state index contributed by atoms with van der Waals surface area (Å²) in [5.74, 6) is 1.27. The SMILES string of the molecule is CCNCC1CCCOC1c1c(Cl)cccc1OC. The van der Waals surface area contributed by atoms with E-state index in [4.69, 9.17) is 21.1 Å². The van der Waals surface area contributed by atoms with E-state index in [0.717, 1.165) is 48.9 Å². The second kappa shape index (κ2) is 7.13. The van der Waals surface area contributed by atoms with Crippen LogP contribution in [0.3, 0.4) is 0 Å². The molecule has 2 rings (SSSR count). The van der Waals surface area contributed by atoms with Crippen LogP contribution in [0.1, 0.15) is 31.4 Å². The van der Waals surface area contributed by atoms with Crippen LogP contribution in [0.4, 0.5) is 0 Å². The molecule has 4 heteroatoms. The van der Waals surface area contributed by atoms with Crippen molar-refractivity contribution >= 4 is 11.6 Å². The highest BCUT2D eigenvalue weighted by atomic mass is 35.5. The quantitative estimate of drug-likeness (QED) is 0.898. The molecule has 19 heavy (non-hydrogen) atoms. The van der Waals surface area contributed by atoms with E-state index in [1.807, 2.05) is 18.2 Å². The van der Waals surface area contributed by atoms with Crippen molar-refractivity contribution in [1.82, 2.24) is 5.32 Å². The van der Waals surface area contributed by atoms with Gasteiger partial charge in [0.25, 0.3) is 0 Å². The first-order valence-corrected chi connectivity index (χ1v) is 7.30. The van der Waals surface area contributed by atoms with Crippen LogP contribution in [0.25, 0.3) is 0 Å². The van der Waals surface area contributed by atoms with Gasteiger partial charge in [0.15, 0.2) is 0 Å². The Morgan fingerprint density at radius 1 is 1.47 bits per heavy atom. The van der Waals surface area contributed by atoms with Gasteiger partial charge in [-0.1, -0.05) is 24.6 Å². The normalized spacial score (nSPS) is 23.3. The van der Waals surface area contributed by atoms with Gasteiger partial charge < -0.3 is 14.8 Å². The van der Waals surface area contributed by atoms with Crippen LogP contribution in [0, 0.1) is 5.92 Å². The van der Waals surface area contributed by atoms with Gasteiger partial charge in [0.2, 0.25) is 0 Å². The van der Waals surface area contributed by atoms with E-state index in [2.05, 4.69) is 12.2 Å². The smallest absolute Gasteiger partial charge is 0.126 e. The van der Waals surface area contributed by atoms with Gasteiger partial charge in [-0.15, -0.1) is 0 Å². The topological polar surface area (TPSA) is 30.5 Å². The highest BCUT2D eigenvalue weighted by Gasteiger charge is 2.30. The molecule has 1 aliphatic rings. The Balaban J connectivity index is 2.26. The summed E-state index contributed by atoms with van der Waals surface area (Å²) in [5, 5.41) is 4.14. The zero-order chi connectivity index (χ0) is 13.7. The highest BCUT2D eigenvalue weighted by molar-refractivity contribution is 6.31. The van der Waals surface area contributed by atoms with Crippen molar-refractivity contribution in [3.05, 3.63) is 28.8 Å². The summed E-state index contributed by atoms with van der Waals surface area (Å²) in [4.78, 5) is 0. The van der Waals surface area contributed by atoms with Crippen LogP contribution in [0.5, 0.6) is 5.75 Å². The van der Waals surface area contributed by atoms with E-state index < -0.39 is 0 Å². The molecule has 1 aromatic carbocycles.